The van der Waals surface area contributed by atoms with Crippen molar-refractivity contribution in [2.24, 2.45) is 5.10 Å². The highest BCUT2D eigenvalue weighted by Gasteiger charge is 2.18. The maximum atomic E-state index is 12.3. The number of halogens is 1. The Morgan fingerprint density at radius 1 is 1.19 bits per heavy atom. The Morgan fingerprint density at radius 2 is 2.00 bits per heavy atom. The van der Waals surface area contributed by atoms with Gasteiger partial charge in [-0.1, -0.05) is 23.7 Å². The second kappa shape index (κ2) is 6.65. The largest absolute Gasteiger partial charge is 0.360 e. The number of nitrogens with one attached hydrogen (secondary N) is 3. The van der Waals surface area contributed by atoms with Gasteiger partial charge >= 0.3 is 0 Å². The number of rotatable bonds is 4. The third-order valence-corrected chi connectivity index (χ3v) is 4.51. The minimum atomic E-state index is -0.304. The zero-order chi connectivity index (χ0) is 18.1. The number of nitrogens with zero attached hydrogens (tertiary/aromatic N) is 1. The van der Waals surface area contributed by atoms with E-state index in [2.05, 4.69) is 20.8 Å². The minimum Gasteiger partial charge on any atom is -0.360 e. The van der Waals surface area contributed by atoms with Gasteiger partial charge in [0, 0.05) is 39.8 Å². The number of aromatic amines is 1. The number of hydrazone groups is 1. The molecule has 4 rings (SSSR count). The summed E-state index contributed by atoms with van der Waals surface area (Å²) in [6, 6.07) is 10.9. The summed E-state index contributed by atoms with van der Waals surface area (Å²) in [5.74, 6) is -0.426. The molecular weight excluding hydrogens is 352 g/mol. The molecule has 1 aliphatic rings. The summed E-state index contributed by atoms with van der Waals surface area (Å²) < 4.78 is 0. The van der Waals surface area contributed by atoms with Crippen molar-refractivity contribution in [3.05, 3.63) is 64.3 Å². The van der Waals surface area contributed by atoms with Gasteiger partial charge in [-0.05, 0) is 36.2 Å². The van der Waals surface area contributed by atoms with Gasteiger partial charge in [0.25, 0.3) is 5.91 Å². The maximum absolute atomic E-state index is 12.3. The molecule has 3 aromatic rings. The van der Waals surface area contributed by atoms with Crippen LogP contribution >= 0.6 is 11.6 Å². The lowest BCUT2D eigenvalue weighted by atomic mass is 10.0. The number of amides is 2. The average Bonchev–Trinajstić information content (AvgIpc) is 2.95. The van der Waals surface area contributed by atoms with Crippen LogP contribution in [-0.4, -0.2) is 23.0 Å². The highest BCUT2D eigenvalue weighted by molar-refractivity contribution is 6.30. The van der Waals surface area contributed by atoms with Gasteiger partial charge in [-0.2, -0.15) is 5.10 Å². The monoisotopic (exact) mass is 366 g/mol. The summed E-state index contributed by atoms with van der Waals surface area (Å²) >= 11 is 5.86. The van der Waals surface area contributed by atoms with E-state index in [0.29, 0.717) is 29.1 Å². The third kappa shape index (κ3) is 3.19. The van der Waals surface area contributed by atoms with Crippen molar-refractivity contribution < 1.29 is 9.59 Å². The molecule has 3 N–H and O–H groups in total. The van der Waals surface area contributed by atoms with Crippen molar-refractivity contribution in [3.8, 4) is 0 Å². The SMILES string of the molecule is O=C(CCc1ccc(Cl)cc1)Nc1cc2c3c(c[nH]c3c1)C=NNC2=O. The Hall–Kier alpha value is -3.12. The molecule has 26 heavy (non-hydrogen) atoms. The Kier molecular flexibility index (Phi) is 4.18. The first-order valence-corrected chi connectivity index (χ1v) is 8.51. The standard InChI is InChI=1S/C19H15ClN4O2/c20-13-4-1-11(2-5-13)3-6-17(25)23-14-7-15-18-12(9-21-16(18)8-14)10-22-24-19(15)26/h1-2,4-5,7-10,21H,3,6H2,(H,23,25)(H,24,26). The summed E-state index contributed by atoms with van der Waals surface area (Å²) in [4.78, 5) is 27.6. The molecule has 0 aliphatic carbocycles. The number of carbonyl (C=O) groups is 2. The lowest BCUT2D eigenvalue weighted by Gasteiger charge is -2.09. The molecule has 0 saturated carbocycles. The molecule has 130 valence electrons. The lowest BCUT2D eigenvalue weighted by Crippen LogP contribution is -2.17. The first-order valence-electron chi connectivity index (χ1n) is 8.13. The van der Waals surface area contributed by atoms with Crippen LogP contribution < -0.4 is 10.7 Å². The zero-order valence-electron chi connectivity index (χ0n) is 13.7. The van der Waals surface area contributed by atoms with Crippen molar-refractivity contribution in [2.75, 3.05) is 5.32 Å². The van der Waals surface area contributed by atoms with E-state index in [1.807, 2.05) is 18.2 Å². The number of aryl methyl sites for hydroxylation is 1. The maximum Gasteiger partial charge on any atom is 0.272 e. The van der Waals surface area contributed by atoms with Crippen LogP contribution in [0.4, 0.5) is 5.69 Å². The van der Waals surface area contributed by atoms with Crippen LogP contribution in [0.1, 0.15) is 27.9 Å². The molecule has 0 unspecified atom stereocenters. The Labute approximate surface area is 154 Å². The van der Waals surface area contributed by atoms with Crippen molar-refractivity contribution >= 4 is 46.2 Å². The quantitative estimate of drug-likeness (QED) is 0.660. The Balaban J connectivity index is 1.52. The molecule has 2 aromatic carbocycles. The molecule has 1 aliphatic heterocycles. The molecular formula is C19H15ClN4O2. The topological polar surface area (TPSA) is 86.3 Å². The van der Waals surface area contributed by atoms with E-state index in [-0.39, 0.29) is 11.8 Å². The molecule has 0 fully saturated rings. The van der Waals surface area contributed by atoms with Crippen LogP contribution in [0, 0.1) is 0 Å². The Morgan fingerprint density at radius 3 is 2.81 bits per heavy atom. The average molecular weight is 367 g/mol. The van der Waals surface area contributed by atoms with E-state index in [0.717, 1.165) is 22.0 Å². The number of anilines is 1. The van der Waals surface area contributed by atoms with E-state index in [4.69, 9.17) is 11.6 Å². The molecule has 2 heterocycles. The summed E-state index contributed by atoms with van der Waals surface area (Å²) in [7, 11) is 0. The van der Waals surface area contributed by atoms with Gasteiger partial charge < -0.3 is 10.3 Å². The van der Waals surface area contributed by atoms with Crippen LogP contribution in [0.3, 0.4) is 0 Å². The molecule has 1 aromatic heterocycles. The number of aromatic nitrogens is 1. The fraction of sp³-hybridized carbons (Fsp3) is 0.105. The third-order valence-electron chi connectivity index (χ3n) is 4.26. The van der Waals surface area contributed by atoms with Crippen LogP contribution in [0.2, 0.25) is 5.02 Å². The summed E-state index contributed by atoms with van der Waals surface area (Å²) in [6.07, 6.45) is 4.32. The van der Waals surface area contributed by atoms with Crippen molar-refractivity contribution in [3.63, 3.8) is 0 Å². The van der Waals surface area contributed by atoms with Gasteiger partial charge in [0.15, 0.2) is 0 Å². The van der Waals surface area contributed by atoms with E-state index >= 15 is 0 Å². The summed E-state index contributed by atoms with van der Waals surface area (Å²) in [5, 5.41) is 8.21. The summed E-state index contributed by atoms with van der Waals surface area (Å²) in [6.45, 7) is 0. The highest BCUT2D eigenvalue weighted by Crippen LogP contribution is 2.27. The molecule has 0 atom stereocenters. The molecule has 7 heteroatoms. The molecule has 0 spiro atoms. The van der Waals surface area contributed by atoms with Gasteiger partial charge in [-0.15, -0.1) is 0 Å². The Bertz CT molecular complexity index is 1040. The predicted molar refractivity (Wildman–Crippen MR) is 102 cm³/mol. The van der Waals surface area contributed by atoms with Crippen LogP contribution in [-0.2, 0) is 11.2 Å². The second-order valence-electron chi connectivity index (χ2n) is 6.06. The number of carbonyl (C=O) groups excluding carboxylic acids is 2. The van der Waals surface area contributed by atoms with E-state index in [1.165, 1.54) is 0 Å². The van der Waals surface area contributed by atoms with Crippen LogP contribution in [0.5, 0.6) is 0 Å². The summed E-state index contributed by atoms with van der Waals surface area (Å²) in [5.41, 5.74) is 6.15. The fourth-order valence-electron chi connectivity index (χ4n) is 3.00. The zero-order valence-corrected chi connectivity index (χ0v) is 14.4. The van der Waals surface area contributed by atoms with E-state index in [9.17, 15) is 9.59 Å². The molecule has 0 radical (unpaired) electrons. The van der Waals surface area contributed by atoms with Gasteiger partial charge in [-0.25, -0.2) is 5.43 Å². The van der Waals surface area contributed by atoms with Gasteiger partial charge in [0.1, 0.15) is 0 Å². The van der Waals surface area contributed by atoms with Gasteiger partial charge in [0.05, 0.1) is 11.8 Å². The minimum absolute atomic E-state index is 0.122. The van der Waals surface area contributed by atoms with Crippen LogP contribution in [0.25, 0.3) is 10.9 Å². The smallest absolute Gasteiger partial charge is 0.272 e. The van der Waals surface area contributed by atoms with Crippen molar-refractivity contribution in [1.29, 1.82) is 0 Å². The van der Waals surface area contributed by atoms with E-state index in [1.54, 1.807) is 30.6 Å². The molecule has 6 nitrogen and oxygen atoms in total. The second-order valence-corrected chi connectivity index (χ2v) is 6.50. The van der Waals surface area contributed by atoms with Crippen LogP contribution in [0.15, 0.2) is 47.7 Å². The normalized spacial score (nSPS) is 12.7. The first kappa shape index (κ1) is 16.4. The van der Waals surface area contributed by atoms with Gasteiger partial charge in [0.2, 0.25) is 5.91 Å². The highest BCUT2D eigenvalue weighted by atomic mass is 35.5. The first-order chi connectivity index (χ1) is 12.6. The number of H-pyrrole nitrogens is 1. The number of benzene rings is 2. The fourth-order valence-corrected chi connectivity index (χ4v) is 3.13. The van der Waals surface area contributed by atoms with E-state index < -0.39 is 0 Å². The number of hydrogen-bond acceptors (Lipinski definition) is 3. The molecule has 0 saturated heterocycles. The van der Waals surface area contributed by atoms with Gasteiger partial charge in [-0.3, -0.25) is 9.59 Å². The van der Waals surface area contributed by atoms with Crippen molar-refractivity contribution in [2.45, 2.75) is 12.8 Å². The predicted octanol–water partition coefficient (Wildman–Crippen LogP) is 3.47. The lowest BCUT2D eigenvalue weighted by molar-refractivity contribution is -0.116. The molecule has 2 amide bonds. The van der Waals surface area contributed by atoms with Crippen molar-refractivity contribution in [1.82, 2.24) is 10.4 Å². The number of hydrogen-bond donors (Lipinski definition) is 3. The molecule has 0 bridgehead atoms.